The highest BCUT2D eigenvalue weighted by atomic mass is 35.5. The normalized spacial score (nSPS) is 18.0. The maximum atomic E-state index is 12.2. The quantitative estimate of drug-likeness (QED) is 0.331. The second kappa shape index (κ2) is 11.8. The highest BCUT2D eigenvalue weighted by Gasteiger charge is 2.23. The third-order valence-corrected chi connectivity index (χ3v) is 6.83. The summed E-state index contributed by atoms with van der Waals surface area (Å²) < 4.78 is 0. The summed E-state index contributed by atoms with van der Waals surface area (Å²) in [6.45, 7) is 1.14. The third-order valence-electron chi connectivity index (χ3n) is 5.35. The molecule has 1 aliphatic carbocycles. The van der Waals surface area contributed by atoms with E-state index in [4.69, 9.17) is 46.4 Å². The van der Waals surface area contributed by atoms with E-state index >= 15 is 0 Å². The first kappa shape index (κ1) is 24.8. The molecule has 2 atom stereocenters. The fourth-order valence-electron chi connectivity index (χ4n) is 3.75. The van der Waals surface area contributed by atoms with Gasteiger partial charge in [0, 0.05) is 24.5 Å². The van der Waals surface area contributed by atoms with Gasteiger partial charge < -0.3 is 21.3 Å². The average Bonchev–Trinajstić information content (AvgIpc) is 2.76. The molecule has 172 valence electrons. The molecule has 6 nitrogen and oxygen atoms in total. The first-order chi connectivity index (χ1) is 15.3. The standard InChI is InChI=1S/C22H24Cl4N4O2/c23-17-6-4-15(9-19(17)25)29-21(31)27-11-13-2-1-3-14(8-13)12-28-22(32)30-16-5-7-18(24)20(26)10-16/h4-7,9-10,13-14H,1-3,8,11-12H2,(H2,27,29,31)(H2,28,30,32)/t13-,14+. The van der Waals surface area contributed by atoms with Crippen molar-refractivity contribution in [2.45, 2.75) is 25.7 Å². The van der Waals surface area contributed by atoms with Crippen LogP contribution in [-0.2, 0) is 0 Å². The largest absolute Gasteiger partial charge is 0.338 e. The molecule has 0 bridgehead atoms. The molecule has 1 aliphatic rings. The van der Waals surface area contributed by atoms with Crippen LogP contribution in [0.25, 0.3) is 0 Å². The molecule has 4 N–H and O–H groups in total. The number of rotatable bonds is 6. The Labute approximate surface area is 207 Å². The van der Waals surface area contributed by atoms with Crippen molar-refractivity contribution < 1.29 is 9.59 Å². The SMILES string of the molecule is O=C(NC[C@H]1CCC[C@@H](CNC(=O)Nc2ccc(Cl)c(Cl)c2)C1)Nc1ccc(Cl)c(Cl)c1. The molecule has 0 spiro atoms. The number of anilines is 2. The van der Waals surface area contributed by atoms with Crippen LogP contribution in [-0.4, -0.2) is 25.2 Å². The number of carbonyl (C=O) groups excluding carboxylic acids is 2. The topological polar surface area (TPSA) is 82.3 Å². The van der Waals surface area contributed by atoms with E-state index in [0.29, 0.717) is 56.4 Å². The molecule has 0 heterocycles. The molecule has 0 aromatic heterocycles. The zero-order valence-corrected chi connectivity index (χ0v) is 20.2. The van der Waals surface area contributed by atoms with E-state index < -0.39 is 0 Å². The second-order valence-electron chi connectivity index (χ2n) is 7.83. The van der Waals surface area contributed by atoms with Crippen molar-refractivity contribution >= 4 is 69.8 Å². The summed E-state index contributed by atoms with van der Waals surface area (Å²) in [5.74, 6) is 0.710. The van der Waals surface area contributed by atoms with Crippen molar-refractivity contribution in [3.05, 3.63) is 56.5 Å². The van der Waals surface area contributed by atoms with E-state index in [2.05, 4.69) is 21.3 Å². The maximum Gasteiger partial charge on any atom is 0.319 e. The van der Waals surface area contributed by atoms with E-state index in [9.17, 15) is 9.59 Å². The van der Waals surface area contributed by atoms with Gasteiger partial charge in [-0.15, -0.1) is 0 Å². The van der Waals surface area contributed by atoms with E-state index in [0.717, 1.165) is 25.7 Å². The van der Waals surface area contributed by atoms with Gasteiger partial charge in [-0.05, 0) is 67.5 Å². The Bertz CT molecular complexity index is 897. The van der Waals surface area contributed by atoms with Crippen molar-refractivity contribution in [3.63, 3.8) is 0 Å². The number of hydrogen-bond donors (Lipinski definition) is 4. The summed E-state index contributed by atoms with van der Waals surface area (Å²) in [7, 11) is 0. The number of benzene rings is 2. The van der Waals surface area contributed by atoms with E-state index in [1.807, 2.05) is 0 Å². The lowest BCUT2D eigenvalue weighted by atomic mass is 9.81. The van der Waals surface area contributed by atoms with Gasteiger partial charge in [0.05, 0.1) is 20.1 Å². The fraction of sp³-hybridized carbons (Fsp3) is 0.364. The molecule has 2 aromatic rings. The Morgan fingerprint density at radius 3 is 1.56 bits per heavy atom. The molecule has 0 aliphatic heterocycles. The maximum absolute atomic E-state index is 12.2. The highest BCUT2D eigenvalue weighted by Crippen LogP contribution is 2.29. The molecular formula is C22H24Cl4N4O2. The summed E-state index contributed by atoms with van der Waals surface area (Å²) in [5, 5.41) is 13.0. The molecule has 0 saturated heterocycles. The van der Waals surface area contributed by atoms with Gasteiger partial charge in [-0.3, -0.25) is 0 Å². The van der Waals surface area contributed by atoms with Crippen LogP contribution in [0.5, 0.6) is 0 Å². The number of amides is 4. The Balaban J connectivity index is 1.38. The summed E-state index contributed by atoms with van der Waals surface area (Å²) in [6.07, 6.45) is 4.07. The monoisotopic (exact) mass is 516 g/mol. The first-order valence-electron chi connectivity index (χ1n) is 10.3. The summed E-state index contributed by atoms with van der Waals surface area (Å²) >= 11 is 23.7. The number of halogens is 4. The van der Waals surface area contributed by atoms with E-state index in [-0.39, 0.29) is 12.1 Å². The van der Waals surface area contributed by atoms with Gasteiger partial charge in [0.1, 0.15) is 0 Å². The number of nitrogens with one attached hydrogen (secondary N) is 4. The second-order valence-corrected chi connectivity index (χ2v) is 9.46. The molecule has 10 heteroatoms. The van der Waals surface area contributed by atoms with Crippen LogP contribution < -0.4 is 21.3 Å². The van der Waals surface area contributed by atoms with Gasteiger partial charge in [0.15, 0.2) is 0 Å². The Kier molecular flexibility index (Phi) is 9.17. The molecule has 2 aromatic carbocycles. The van der Waals surface area contributed by atoms with Crippen molar-refractivity contribution in [1.29, 1.82) is 0 Å². The number of urea groups is 2. The lowest BCUT2D eigenvalue weighted by molar-refractivity contribution is 0.230. The van der Waals surface area contributed by atoms with Crippen molar-refractivity contribution in [2.75, 3.05) is 23.7 Å². The molecule has 1 fully saturated rings. The molecule has 1 saturated carbocycles. The van der Waals surface area contributed by atoms with Crippen molar-refractivity contribution in [1.82, 2.24) is 10.6 Å². The van der Waals surface area contributed by atoms with Gasteiger partial charge in [-0.1, -0.05) is 52.8 Å². The lowest BCUT2D eigenvalue weighted by Gasteiger charge is -2.29. The van der Waals surface area contributed by atoms with Gasteiger partial charge in [0.2, 0.25) is 0 Å². The van der Waals surface area contributed by atoms with Crippen molar-refractivity contribution in [3.8, 4) is 0 Å². The predicted octanol–water partition coefficient (Wildman–Crippen LogP) is 7.05. The van der Waals surface area contributed by atoms with Crippen LogP contribution in [0.4, 0.5) is 21.0 Å². The first-order valence-corrected chi connectivity index (χ1v) is 11.8. The molecule has 0 unspecified atom stereocenters. The molecule has 3 rings (SSSR count). The van der Waals surface area contributed by atoms with E-state index in [1.54, 1.807) is 36.4 Å². The number of carbonyl (C=O) groups is 2. The van der Waals surface area contributed by atoms with E-state index in [1.165, 1.54) is 0 Å². The van der Waals surface area contributed by atoms with Crippen LogP contribution in [0.15, 0.2) is 36.4 Å². The number of hydrogen-bond acceptors (Lipinski definition) is 2. The lowest BCUT2D eigenvalue weighted by Crippen LogP contribution is -2.38. The minimum atomic E-state index is -0.287. The zero-order valence-electron chi connectivity index (χ0n) is 17.2. The third kappa shape index (κ3) is 7.62. The van der Waals surface area contributed by atoms with Crippen LogP contribution in [0.2, 0.25) is 20.1 Å². The molecule has 4 amide bonds. The summed E-state index contributed by atoms with van der Waals surface area (Å²) in [5.41, 5.74) is 1.16. The van der Waals surface area contributed by atoms with Crippen LogP contribution in [0.3, 0.4) is 0 Å². The Morgan fingerprint density at radius 1 is 0.719 bits per heavy atom. The molecule has 0 radical (unpaired) electrons. The van der Waals surface area contributed by atoms with Gasteiger partial charge in [-0.2, -0.15) is 0 Å². The smallest absolute Gasteiger partial charge is 0.319 e. The Morgan fingerprint density at radius 2 is 1.16 bits per heavy atom. The van der Waals surface area contributed by atoms with Gasteiger partial charge in [-0.25, -0.2) is 9.59 Å². The minimum Gasteiger partial charge on any atom is -0.338 e. The van der Waals surface area contributed by atoms with Gasteiger partial charge >= 0.3 is 12.1 Å². The van der Waals surface area contributed by atoms with Crippen LogP contribution >= 0.6 is 46.4 Å². The average molecular weight is 518 g/mol. The summed E-state index contributed by atoms with van der Waals surface area (Å²) in [4.78, 5) is 24.4. The van der Waals surface area contributed by atoms with Crippen LogP contribution in [0, 0.1) is 11.8 Å². The zero-order chi connectivity index (χ0) is 23.1. The fourth-order valence-corrected chi connectivity index (χ4v) is 4.34. The highest BCUT2D eigenvalue weighted by molar-refractivity contribution is 6.42. The van der Waals surface area contributed by atoms with Crippen LogP contribution in [0.1, 0.15) is 25.7 Å². The minimum absolute atomic E-state index is 0.287. The molecular weight excluding hydrogens is 494 g/mol. The molecule has 32 heavy (non-hydrogen) atoms. The predicted molar refractivity (Wildman–Crippen MR) is 132 cm³/mol. The Hall–Kier alpha value is -1.86. The summed E-state index contributed by atoms with van der Waals surface area (Å²) in [6, 6.07) is 9.29. The van der Waals surface area contributed by atoms with Crippen molar-refractivity contribution in [2.24, 2.45) is 11.8 Å². The van der Waals surface area contributed by atoms with Gasteiger partial charge in [0.25, 0.3) is 0 Å².